The highest BCUT2D eigenvalue weighted by molar-refractivity contribution is 5.90. The molecule has 0 bridgehead atoms. The van der Waals surface area contributed by atoms with E-state index in [-0.39, 0.29) is 11.1 Å². The number of rotatable bonds is 9. The Labute approximate surface area is 122 Å². The number of nitrogens with one attached hydrogen (secondary N) is 2. The van der Waals surface area contributed by atoms with Gasteiger partial charge < -0.3 is 21.0 Å². The molecule has 0 aliphatic carbocycles. The van der Waals surface area contributed by atoms with E-state index >= 15 is 0 Å². The lowest BCUT2D eigenvalue weighted by Gasteiger charge is -2.26. The fraction of sp³-hybridized carbons (Fsp3) is 0.857. The average Bonchev–Trinajstić information content (AvgIpc) is 2.40. The summed E-state index contributed by atoms with van der Waals surface area (Å²) in [6.45, 7) is 13.3. The summed E-state index contributed by atoms with van der Waals surface area (Å²) in [5.41, 5.74) is 0.765. The van der Waals surface area contributed by atoms with Crippen LogP contribution >= 0.6 is 0 Å². The van der Waals surface area contributed by atoms with Crippen molar-refractivity contribution in [2.24, 2.45) is 10.3 Å². The van der Waals surface area contributed by atoms with Crippen LogP contribution < -0.4 is 10.6 Å². The second-order valence-corrected chi connectivity index (χ2v) is 6.18. The summed E-state index contributed by atoms with van der Waals surface area (Å²) >= 11 is 0. The molecule has 0 saturated carbocycles. The van der Waals surface area contributed by atoms with Crippen molar-refractivity contribution in [3.05, 3.63) is 0 Å². The molecule has 0 saturated heterocycles. The first kappa shape index (κ1) is 18.9. The molecule has 0 amide bonds. The number of oxime groups is 2. The van der Waals surface area contributed by atoms with E-state index in [4.69, 9.17) is 10.4 Å². The predicted octanol–water partition coefficient (Wildman–Crippen LogP) is 2.20. The van der Waals surface area contributed by atoms with Crippen molar-refractivity contribution in [3.8, 4) is 0 Å². The van der Waals surface area contributed by atoms with Gasteiger partial charge in [0.15, 0.2) is 0 Å². The third kappa shape index (κ3) is 6.34. The quantitative estimate of drug-likeness (QED) is 0.226. The first-order valence-corrected chi connectivity index (χ1v) is 7.05. The van der Waals surface area contributed by atoms with Crippen LogP contribution in [0.25, 0.3) is 0 Å². The van der Waals surface area contributed by atoms with E-state index in [1.54, 1.807) is 13.8 Å². The molecule has 0 fully saturated rings. The third-order valence-electron chi connectivity index (χ3n) is 3.85. The van der Waals surface area contributed by atoms with E-state index in [0.717, 1.165) is 25.9 Å². The topological polar surface area (TPSA) is 89.2 Å². The Bertz CT molecular complexity index is 315. The molecule has 20 heavy (non-hydrogen) atoms. The number of nitrogens with zero attached hydrogens (tertiary/aromatic N) is 2. The molecule has 0 radical (unpaired) electrons. The third-order valence-corrected chi connectivity index (χ3v) is 3.85. The Morgan fingerprint density at radius 3 is 1.35 bits per heavy atom. The standard InChI is InChI=1S/C14H30N4O2/c1-11(17-19)13(3,4)15-9-7-8-10-16-14(5,6)12(2)18-20/h15-16,19-20H,7-10H2,1-6H3/b17-11+,18-12?. The zero-order valence-electron chi connectivity index (χ0n) is 13.6. The minimum absolute atomic E-state index is 0.290. The van der Waals surface area contributed by atoms with Crippen molar-refractivity contribution in [2.45, 2.75) is 65.5 Å². The van der Waals surface area contributed by atoms with Gasteiger partial charge in [0.05, 0.1) is 22.5 Å². The highest BCUT2D eigenvalue weighted by Crippen LogP contribution is 2.07. The molecule has 118 valence electrons. The molecule has 0 aromatic heterocycles. The molecule has 0 aliphatic heterocycles. The smallest absolute Gasteiger partial charge is 0.0734 e. The summed E-state index contributed by atoms with van der Waals surface area (Å²) < 4.78 is 0. The van der Waals surface area contributed by atoms with Crippen LogP contribution in [0.3, 0.4) is 0 Å². The summed E-state index contributed by atoms with van der Waals surface area (Å²) in [5, 5.41) is 30.8. The molecule has 0 aliphatic rings. The van der Waals surface area contributed by atoms with Crippen molar-refractivity contribution >= 4 is 11.4 Å². The van der Waals surface area contributed by atoms with Gasteiger partial charge in [-0.15, -0.1) is 0 Å². The fourth-order valence-corrected chi connectivity index (χ4v) is 1.56. The Balaban J connectivity index is 3.90. The minimum atomic E-state index is -0.290. The fourth-order valence-electron chi connectivity index (χ4n) is 1.56. The van der Waals surface area contributed by atoms with Gasteiger partial charge in [-0.05, 0) is 67.5 Å². The van der Waals surface area contributed by atoms with Crippen molar-refractivity contribution in [2.75, 3.05) is 13.1 Å². The molecule has 6 heteroatoms. The highest BCUT2D eigenvalue weighted by Gasteiger charge is 2.22. The van der Waals surface area contributed by atoms with E-state index in [9.17, 15) is 0 Å². The van der Waals surface area contributed by atoms with Crippen molar-refractivity contribution in [1.82, 2.24) is 10.6 Å². The van der Waals surface area contributed by atoms with Gasteiger partial charge in [0, 0.05) is 0 Å². The van der Waals surface area contributed by atoms with E-state index in [0.29, 0.717) is 11.4 Å². The van der Waals surface area contributed by atoms with E-state index in [1.807, 2.05) is 27.7 Å². The van der Waals surface area contributed by atoms with Crippen molar-refractivity contribution in [1.29, 1.82) is 0 Å². The van der Waals surface area contributed by atoms with E-state index in [1.165, 1.54) is 0 Å². The average molecular weight is 286 g/mol. The molecular weight excluding hydrogens is 256 g/mol. The Morgan fingerprint density at radius 2 is 1.10 bits per heavy atom. The van der Waals surface area contributed by atoms with Crippen molar-refractivity contribution < 1.29 is 10.4 Å². The molecule has 0 spiro atoms. The number of hydrogen-bond donors (Lipinski definition) is 4. The van der Waals surface area contributed by atoms with Gasteiger partial charge in [0.1, 0.15) is 0 Å². The molecule has 4 N–H and O–H groups in total. The molecule has 0 unspecified atom stereocenters. The van der Waals surface area contributed by atoms with Crippen LogP contribution in [0.5, 0.6) is 0 Å². The molecule has 6 nitrogen and oxygen atoms in total. The summed E-state index contributed by atoms with van der Waals surface area (Å²) in [5.74, 6) is 0. The summed E-state index contributed by atoms with van der Waals surface area (Å²) in [6, 6.07) is 0. The molecule has 0 heterocycles. The van der Waals surface area contributed by atoms with Crippen LogP contribution in [0.4, 0.5) is 0 Å². The Hall–Kier alpha value is -1.14. The van der Waals surface area contributed by atoms with Gasteiger partial charge in [-0.25, -0.2) is 0 Å². The highest BCUT2D eigenvalue weighted by atomic mass is 16.4. The van der Waals surface area contributed by atoms with Gasteiger partial charge in [0.25, 0.3) is 0 Å². The minimum Gasteiger partial charge on any atom is -0.411 e. The van der Waals surface area contributed by atoms with Gasteiger partial charge in [-0.2, -0.15) is 0 Å². The van der Waals surface area contributed by atoms with E-state index < -0.39 is 0 Å². The maximum absolute atomic E-state index is 8.78. The second kappa shape index (κ2) is 8.21. The molecule has 0 rings (SSSR count). The monoisotopic (exact) mass is 286 g/mol. The van der Waals surface area contributed by atoms with Crippen LogP contribution in [-0.4, -0.2) is 46.0 Å². The summed E-state index contributed by atoms with van der Waals surface area (Å²) in [7, 11) is 0. The lowest BCUT2D eigenvalue weighted by molar-refractivity contribution is 0.309. The van der Waals surface area contributed by atoms with Gasteiger partial charge in [-0.1, -0.05) is 10.3 Å². The maximum Gasteiger partial charge on any atom is 0.0734 e. The van der Waals surface area contributed by atoms with Crippen LogP contribution in [0.2, 0.25) is 0 Å². The molecule has 0 atom stereocenters. The second-order valence-electron chi connectivity index (χ2n) is 6.18. The van der Waals surface area contributed by atoms with Crippen LogP contribution in [0, 0.1) is 0 Å². The zero-order chi connectivity index (χ0) is 15.8. The van der Waals surface area contributed by atoms with Crippen LogP contribution in [-0.2, 0) is 0 Å². The largest absolute Gasteiger partial charge is 0.411 e. The summed E-state index contributed by atoms with van der Waals surface area (Å²) in [4.78, 5) is 0. The predicted molar refractivity (Wildman–Crippen MR) is 83.2 cm³/mol. The molecule has 0 aromatic carbocycles. The van der Waals surface area contributed by atoms with Gasteiger partial charge >= 0.3 is 0 Å². The van der Waals surface area contributed by atoms with Crippen LogP contribution in [0.1, 0.15) is 54.4 Å². The number of hydrogen-bond acceptors (Lipinski definition) is 6. The lowest BCUT2D eigenvalue weighted by atomic mass is 9.99. The zero-order valence-corrected chi connectivity index (χ0v) is 13.6. The first-order valence-electron chi connectivity index (χ1n) is 7.05. The first-order chi connectivity index (χ1) is 9.17. The van der Waals surface area contributed by atoms with Crippen LogP contribution in [0.15, 0.2) is 10.3 Å². The SMILES string of the molecule is CC(=NO)C(C)(C)NCCCCNC(C)(C)/C(C)=N/O. The Kier molecular flexibility index (Phi) is 7.75. The van der Waals surface area contributed by atoms with E-state index in [2.05, 4.69) is 20.9 Å². The lowest BCUT2D eigenvalue weighted by Crippen LogP contribution is -2.47. The molecule has 0 aromatic rings. The number of unbranched alkanes of at least 4 members (excludes halogenated alkanes) is 1. The van der Waals surface area contributed by atoms with Gasteiger partial charge in [-0.3, -0.25) is 0 Å². The summed E-state index contributed by atoms with van der Waals surface area (Å²) in [6.07, 6.45) is 2.03. The maximum atomic E-state index is 8.78. The Morgan fingerprint density at radius 1 is 0.800 bits per heavy atom. The van der Waals surface area contributed by atoms with Gasteiger partial charge in [0.2, 0.25) is 0 Å². The molecular formula is C14H30N4O2. The normalized spacial score (nSPS) is 14.7. The van der Waals surface area contributed by atoms with Crippen molar-refractivity contribution in [3.63, 3.8) is 0 Å².